The van der Waals surface area contributed by atoms with E-state index in [1.165, 1.54) is 85.9 Å². The first kappa shape index (κ1) is 26.9. The van der Waals surface area contributed by atoms with E-state index in [1.807, 2.05) is 11.3 Å². The van der Waals surface area contributed by atoms with E-state index in [9.17, 15) is 0 Å². The molecular formula is C45H30S. The maximum Gasteiger partial charge on any atom is 0.0433 e. The standard InChI is InChI=1S/C45H30S/c1-2-14-33(15-3-1)43-39-19-7-6-17-36(39)37(40-29-28-31-13-4-5-16-34(31)44(40)43)21-10-12-30-24-26-32(27-25-30)35-20-11-22-41-38-18-8-9-23-42(38)46-45(35)41/h1-11,13-29H,12H2/b21-10+. The zero-order chi connectivity index (χ0) is 30.5. The normalized spacial score (nSPS) is 11.9. The van der Waals surface area contributed by atoms with Crippen LogP contribution in [-0.4, -0.2) is 0 Å². The maximum absolute atomic E-state index is 2.35. The van der Waals surface area contributed by atoms with Gasteiger partial charge in [0.15, 0.2) is 0 Å². The van der Waals surface area contributed by atoms with Crippen LogP contribution in [0.1, 0.15) is 11.1 Å². The van der Waals surface area contributed by atoms with E-state index in [2.05, 4.69) is 170 Å². The van der Waals surface area contributed by atoms with Gasteiger partial charge < -0.3 is 0 Å². The van der Waals surface area contributed by atoms with Crippen molar-refractivity contribution in [2.45, 2.75) is 6.42 Å². The third-order valence-corrected chi connectivity index (χ3v) is 10.5. The number of hydrogen-bond acceptors (Lipinski definition) is 1. The maximum atomic E-state index is 2.35. The SMILES string of the molecule is C(=C\c1c2ccccc2c(-c2ccccc2)c2c1ccc1ccccc12)/Cc1ccc(-c2cccc3c2sc2ccccc23)cc1. The van der Waals surface area contributed by atoms with Crippen LogP contribution in [0.4, 0.5) is 0 Å². The minimum absolute atomic E-state index is 0.872. The van der Waals surface area contributed by atoms with E-state index in [4.69, 9.17) is 0 Å². The van der Waals surface area contributed by atoms with Crippen LogP contribution in [0.2, 0.25) is 0 Å². The second kappa shape index (κ2) is 11.1. The van der Waals surface area contributed by atoms with Crippen molar-refractivity contribution in [3.8, 4) is 22.3 Å². The van der Waals surface area contributed by atoms with Crippen molar-refractivity contribution in [1.82, 2.24) is 0 Å². The highest BCUT2D eigenvalue weighted by Crippen LogP contribution is 2.43. The molecular weight excluding hydrogens is 573 g/mol. The van der Waals surface area contributed by atoms with E-state index in [-0.39, 0.29) is 0 Å². The highest BCUT2D eigenvalue weighted by atomic mass is 32.1. The molecule has 0 N–H and O–H groups in total. The third kappa shape index (κ3) is 4.43. The summed E-state index contributed by atoms with van der Waals surface area (Å²) in [4.78, 5) is 0. The number of fused-ring (bicyclic) bond motifs is 7. The first-order chi connectivity index (χ1) is 22.8. The topological polar surface area (TPSA) is 0 Å². The van der Waals surface area contributed by atoms with Gasteiger partial charge in [0.25, 0.3) is 0 Å². The predicted octanol–water partition coefficient (Wildman–Crippen LogP) is 13.1. The van der Waals surface area contributed by atoms with E-state index in [0.29, 0.717) is 0 Å². The average Bonchev–Trinajstić information content (AvgIpc) is 3.51. The van der Waals surface area contributed by atoms with Gasteiger partial charge in [-0.05, 0) is 78.2 Å². The fourth-order valence-corrected chi connectivity index (χ4v) is 8.41. The number of thiophene rings is 1. The number of hydrogen-bond donors (Lipinski definition) is 0. The van der Waals surface area contributed by atoms with Gasteiger partial charge in [-0.3, -0.25) is 0 Å². The Morgan fingerprint density at radius 3 is 2.00 bits per heavy atom. The molecule has 9 rings (SSSR count). The highest BCUT2D eigenvalue weighted by molar-refractivity contribution is 7.26. The molecule has 0 saturated carbocycles. The van der Waals surface area contributed by atoms with Crippen molar-refractivity contribution in [2.75, 3.05) is 0 Å². The fourth-order valence-electron chi connectivity index (χ4n) is 7.17. The van der Waals surface area contributed by atoms with Crippen LogP contribution >= 0.6 is 11.3 Å². The van der Waals surface area contributed by atoms with Crippen LogP contribution in [-0.2, 0) is 6.42 Å². The highest BCUT2D eigenvalue weighted by Gasteiger charge is 2.16. The van der Waals surface area contributed by atoms with Gasteiger partial charge in [0.05, 0.1) is 0 Å². The number of allylic oxidation sites excluding steroid dienone is 1. The summed E-state index contributed by atoms with van der Waals surface area (Å²) >= 11 is 1.89. The molecule has 0 saturated heterocycles. The third-order valence-electron chi connectivity index (χ3n) is 9.33. The Kier molecular flexibility index (Phi) is 6.51. The van der Waals surface area contributed by atoms with Crippen molar-refractivity contribution in [3.05, 3.63) is 175 Å². The summed E-state index contributed by atoms with van der Waals surface area (Å²) in [7, 11) is 0. The Morgan fingerprint density at radius 2 is 1.15 bits per heavy atom. The summed E-state index contributed by atoms with van der Waals surface area (Å²) < 4.78 is 2.71. The molecule has 0 aliphatic rings. The molecule has 1 heterocycles. The van der Waals surface area contributed by atoms with Gasteiger partial charge in [-0.15, -0.1) is 11.3 Å². The van der Waals surface area contributed by atoms with Crippen molar-refractivity contribution in [3.63, 3.8) is 0 Å². The Morgan fingerprint density at radius 1 is 0.457 bits per heavy atom. The largest absolute Gasteiger partial charge is 0.135 e. The molecule has 0 radical (unpaired) electrons. The monoisotopic (exact) mass is 602 g/mol. The molecule has 1 aromatic heterocycles. The summed E-state index contributed by atoms with van der Waals surface area (Å²) in [5.41, 5.74) is 7.73. The smallest absolute Gasteiger partial charge is 0.0433 e. The zero-order valence-electron chi connectivity index (χ0n) is 25.3. The van der Waals surface area contributed by atoms with Gasteiger partial charge in [-0.25, -0.2) is 0 Å². The molecule has 0 nitrogen and oxygen atoms in total. The van der Waals surface area contributed by atoms with Crippen LogP contribution in [0, 0.1) is 0 Å². The van der Waals surface area contributed by atoms with Crippen LogP contribution in [0.3, 0.4) is 0 Å². The van der Waals surface area contributed by atoms with Crippen LogP contribution in [0.5, 0.6) is 0 Å². The van der Waals surface area contributed by atoms with Crippen molar-refractivity contribution in [1.29, 1.82) is 0 Å². The molecule has 9 aromatic rings. The average molecular weight is 603 g/mol. The molecule has 0 aliphatic heterocycles. The zero-order valence-corrected chi connectivity index (χ0v) is 26.1. The Hall–Kier alpha value is -5.50. The molecule has 0 aliphatic carbocycles. The van der Waals surface area contributed by atoms with Crippen LogP contribution in [0.25, 0.3) is 80.8 Å². The van der Waals surface area contributed by atoms with Gasteiger partial charge in [-0.1, -0.05) is 164 Å². The first-order valence-corrected chi connectivity index (χ1v) is 16.7. The quantitative estimate of drug-likeness (QED) is 0.136. The summed E-state index contributed by atoms with van der Waals surface area (Å²) in [6, 6.07) is 57.7. The lowest BCUT2D eigenvalue weighted by atomic mass is 9.86. The number of benzene rings is 8. The molecule has 0 unspecified atom stereocenters. The van der Waals surface area contributed by atoms with Gasteiger partial charge in [0.2, 0.25) is 0 Å². The molecule has 1 heteroatoms. The Labute approximate surface area is 272 Å². The fraction of sp³-hybridized carbons (Fsp3) is 0.0222. The van der Waals surface area contributed by atoms with E-state index in [0.717, 1.165) is 6.42 Å². The predicted molar refractivity (Wildman–Crippen MR) is 202 cm³/mol. The Balaban J connectivity index is 1.12. The van der Waals surface area contributed by atoms with Crippen molar-refractivity contribution >= 4 is 69.9 Å². The minimum atomic E-state index is 0.872. The molecule has 8 aromatic carbocycles. The van der Waals surface area contributed by atoms with E-state index in [1.54, 1.807) is 0 Å². The van der Waals surface area contributed by atoms with Gasteiger partial charge in [0, 0.05) is 20.2 Å². The van der Waals surface area contributed by atoms with Gasteiger partial charge in [-0.2, -0.15) is 0 Å². The van der Waals surface area contributed by atoms with E-state index >= 15 is 0 Å². The lowest BCUT2D eigenvalue weighted by Crippen LogP contribution is -1.91. The number of rotatable bonds is 5. The Bertz CT molecular complexity index is 2580. The lowest BCUT2D eigenvalue weighted by Gasteiger charge is -2.17. The van der Waals surface area contributed by atoms with Crippen molar-refractivity contribution < 1.29 is 0 Å². The van der Waals surface area contributed by atoms with Crippen molar-refractivity contribution in [2.24, 2.45) is 0 Å². The summed E-state index contributed by atoms with van der Waals surface area (Å²) in [6.45, 7) is 0. The molecule has 46 heavy (non-hydrogen) atoms. The molecule has 0 amide bonds. The molecule has 0 fully saturated rings. The van der Waals surface area contributed by atoms with Crippen LogP contribution in [0.15, 0.2) is 164 Å². The molecule has 0 bridgehead atoms. The van der Waals surface area contributed by atoms with Gasteiger partial charge >= 0.3 is 0 Å². The van der Waals surface area contributed by atoms with E-state index < -0.39 is 0 Å². The summed E-state index contributed by atoms with van der Waals surface area (Å²) in [5, 5.41) is 10.4. The summed E-state index contributed by atoms with van der Waals surface area (Å²) in [6.07, 6.45) is 5.55. The molecule has 0 atom stereocenters. The lowest BCUT2D eigenvalue weighted by molar-refractivity contribution is 1.28. The second-order valence-corrected chi connectivity index (χ2v) is 13.0. The molecule has 216 valence electrons. The summed E-state index contributed by atoms with van der Waals surface area (Å²) in [5.74, 6) is 0. The van der Waals surface area contributed by atoms with Gasteiger partial charge in [0.1, 0.15) is 0 Å². The second-order valence-electron chi connectivity index (χ2n) is 12.0. The minimum Gasteiger partial charge on any atom is -0.135 e. The first-order valence-electron chi connectivity index (χ1n) is 15.9. The van der Waals surface area contributed by atoms with Crippen LogP contribution < -0.4 is 0 Å². The molecule has 0 spiro atoms.